The van der Waals surface area contributed by atoms with Crippen LogP contribution < -0.4 is 0 Å². The molecule has 0 saturated carbocycles. The number of carbonyl (C=O) groups is 1. The van der Waals surface area contributed by atoms with E-state index >= 15 is 0 Å². The van der Waals surface area contributed by atoms with Crippen LogP contribution in [0.5, 0.6) is 0 Å². The highest BCUT2D eigenvalue weighted by Crippen LogP contribution is 2.24. The molecule has 0 radical (unpaired) electrons. The number of amidine groups is 1. The molecule has 12 heteroatoms. The first-order chi connectivity index (χ1) is 15.1. The van der Waals surface area contributed by atoms with Gasteiger partial charge in [-0.25, -0.2) is 14.4 Å². The van der Waals surface area contributed by atoms with Crippen LogP contribution in [-0.2, 0) is 4.74 Å². The zero-order valence-corrected chi connectivity index (χ0v) is 17.7. The zero-order chi connectivity index (χ0) is 23.9. The lowest BCUT2D eigenvalue weighted by molar-refractivity contribution is -0.0915. The van der Waals surface area contributed by atoms with Crippen molar-refractivity contribution >= 4 is 18.6 Å². The molecule has 172 valence electrons. The molecule has 2 rings (SSSR count). The highest BCUT2D eigenvalue weighted by atomic mass is 19.4. The monoisotopic (exact) mass is 454 g/mol. The lowest BCUT2D eigenvalue weighted by atomic mass is 10.1. The Balaban J connectivity index is 2.20. The molecule has 1 amide bonds. The number of rotatable bonds is 7. The fourth-order valence-corrected chi connectivity index (χ4v) is 2.64. The molecule has 1 heterocycles. The average Bonchev–Trinajstić information content (AvgIpc) is 3.28. The van der Waals surface area contributed by atoms with E-state index < -0.39 is 29.5 Å². The van der Waals surface area contributed by atoms with E-state index in [1.165, 1.54) is 34.2 Å². The van der Waals surface area contributed by atoms with Crippen LogP contribution in [0.15, 0.2) is 52.4 Å². The topological polar surface area (TPSA) is 85.0 Å². The predicted octanol–water partition coefficient (Wildman–Crippen LogP) is 3.80. The number of alkyl halides is 3. The summed E-state index contributed by atoms with van der Waals surface area (Å²) in [5.74, 6) is -1.12. The maximum Gasteiger partial charge on any atom is 0.413 e. The van der Waals surface area contributed by atoms with E-state index in [1.807, 2.05) is 0 Å². The van der Waals surface area contributed by atoms with Gasteiger partial charge in [-0.3, -0.25) is 4.79 Å². The van der Waals surface area contributed by atoms with Gasteiger partial charge < -0.3 is 9.64 Å². The Labute approximate surface area is 181 Å². The molecular weight excluding hydrogens is 432 g/mol. The minimum atomic E-state index is -4.53. The Bertz CT molecular complexity index is 1000. The number of aromatic nitrogens is 3. The van der Waals surface area contributed by atoms with Crippen LogP contribution in [0.2, 0.25) is 0 Å². The summed E-state index contributed by atoms with van der Waals surface area (Å²) in [5, 5.41) is 7.96. The fraction of sp³-hybridized carbons (Fsp3) is 0.350. The lowest BCUT2D eigenvalue weighted by Crippen LogP contribution is -2.42. The maximum atomic E-state index is 13.9. The largest absolute Gasteiger partial charge is 0.461 e. The number of aliphatic imine (C=N–C) groups is 2. The Morgan fingerprint density at radius 2 is 2.00 bits per heavy atom. The number of nitrogens with zero attached hydrogens (tertiary/aromatic N) is 6. The smallest absolute Gasteiger partial charge is 0.413 e. The maximum absolute atomic E-state index is 13.9. The van der Waals surface area contributed by atoms with Crippen LogP contribution in [0.25, 0.3) is 5.69 Å². The van der Waals surface area contributed by atoms with Gasteiger partial charge in [-0.05, 0) is 45.7 Å². The molecule has 0 aliphatic heterocycles. The van der Waals surface area contributed by atoms with Gasteiger partial charge in [0.05, 0.1) is 29.7 Å². The summed E-state index contributed by atoms with van der Waals surface area (Å²) in [4.78, 5) is 22.8. The molecular formula is C20H22F4N6O2. The van der Waals surface area contributed by atoms with Crippen LogP contribution in [0.1, 0.15) is 31.1 Å². The molecule has 1 aromatic carbocycles. The van der Waals surface area contributed by atoms with Gasteiger partial charge in [0, 0.05) is 18.3 Å². The SMILES string of the molecule is C=NC(=N/C=C(\C)C(F)(F)F)OC[C@H](C)N(CC)C(=O)c1cc(F)ccc1-n1nccn1. The molecule has 0 N–H and O–H groups in total. The molecule has 0 fully saturated rings. The Hall–Kier alpha value is -3.57. The van der Waals surface area contributed by atoms with Gasteiger partial charge in [0.1, 0.15) is 12.4 Å². The van der Waals surface area contributed by atoms with Gasteiger partial charge >= 0.3 is 12.2 Å². The van der Waals surface area contributed by atoms with Crippen molar-refractivity contribution in [3.05, 3.63) is 53.7 Å². The van der Waals surface area contributed by atoms with Crippen molar-refractivity contribution in [3.8, 4) is 5.69 Å². The Morgan fingerprint density at radius 1 is 1.34 bits per heavy atom. The van der Waals surface area contributed by atoms with Gasteiger partial charge in [0.15, 0.2) is 0 Å². The Kier molecular flexibility index (Phi) is 8.21. The summed E-state index contributed by atoms with van der Waals surface area (Å²) in [5.41, 5.74) is -0.614. The quantitative estimate of drug-likeness (QED) is 0.362. The van der Waals surface area contributed by atoms with E-state index in [9.17, 15) is 22.4 Å². The fourth-order valence-electron chi connectivity index (χ4n) is 2.64. The van der Waals surface area contributed by atoms with Crippen molar-refractivity contribution in [2.75, 3.05) is 13.2 Å². The van der Waals surface area contributed by atoms with Crippen LogP contribution in [0, 0.1) is 5.82 Å². The molecule has 0 spiro atoms. The van der Waals surface area contributed by atoms with Gasteiger partial charge in [-0.15, -0.1) is 0 Å². The summed E-state index contributed by atoms with van der Waals surface area (Å²) in [6.07, 6.45) is -1.11. The third-order valence-corrected chi connectivity index (χ3v) is 4.36. The van der Waals surface area contributed by atoms with Crippen LogP contribution in [0.3, 0.4) is 0 Å². The van der Waals surface area contributed by atoms with Crippen LogP contribution >= 0.6 is 0 Å². The number of halogens is 4. The number of carbonyl (C=O) groups excluding carboxylic acids is 1. The number of hydrogen-bond donors (Lipinski definition) is 0. The normalized spacial score (nSPS) is 13.6. The van der Waals surface area contributed by atoms with Crippen molar-refractivity contribution in [1.29, 1.82) is 0 Å². The van der Waals surface area contributed by atoms with Crippen molar-refractivity contribution in [3.63, 3.8) is 0 Å². The van der Waals surface area contributed by atoms with E-state index in [-0.39, 0.29) is 30.4 Å². The second-order valence-electron chi connectivity index (χ2n) is 6.61. The number of amides is 1. The van der Waals surface area contributed by atoms with Gasteiger partial charge in [0.2, 0.25) is 0 Å². The lowest BCUT2D eigenvalue weighted by Gasteiger charge is -2.28. The minimum absolute atomic E-state index is 0.0365. The van der Waals surface area contributed by atoms with Gasteiger partial charge in [-0.2, -0.15) is 28.2 Å². The number of likely N-dealkylation sites (N-methyl/N-ethyl adjacent to an activating group) is 1. The highest BCUT2D eigenvalue weighted by molar-refractivity contribution is 5.98. The predicted molar refractivity (Wildman–Crippen MR) is 110 cm³/mol. The summed E-state index contributed by atoms with van der Waals surface area (Å²) in [6.45, 7) is 7.56. The standard InChI is InChI=1S/C20H22F4N6O2/c1-5-29(14(3)12-32-19(25-4)26-11-13(2)20(22,23)24)18(31)16-10-15(21)6-7-17(16)30-27-8-9-28-30/h6-11,14H,4-5,12H2,1-3H3/b13-11+,26-19?/t14-/m0/s1. The van der Waals surface area contributed by atoms with Gasteiger partial charge in [-0.1, -0.05) is 0 Å². The molecule has 1 atom stereocenters. The zero-order valence-electron chi connectivity index (χ0n) is 17.7. The molecule has 0 aliphatic carbocycles. The van der Waals surface area contributed by atoms with Crippen molar-refractivity contribution in [2.24, 2.45) is 9.98 Å². The van der Waals surface area contributed by atoms with E-state index in [1.54, 1.807) is 13.8 Å². The number of allylic oxidation sites excluding steroid dienone is 1. The summed E-state index contributed by atoms with van der Waals surface area (Å²) >= 11 is 0. The van der Waals surface area contributed by atoms with E-state index in [0.717, 1.165) is 13.0 Å². The summed E-state index contributed by atoms with van der Waals surface area (Å²) in [7, 11) is 0. The van der Waals surface area contributed by atoms with Crippen molar-refractivity contribution < 1.29 is 27.1 Å². The first-order valence-electron chi connectivity index (χ1n) is 9.47. The number of hydrogen-bond acceptors (Lipinski definition) is 5. The molecule has 1 aromatic heterocycles. The molecule has 0 aliphatic rings. The second-order valence-corrected chi connectivity index (χ2v) is 6.61. The van der Waals surface area contributed by atoms with Crippen molar-refractivity contribution in [1.82, 2.24) is 19.9 Å². The van der Waals surface area contributed by atoms with Crippen molar-refractivity contribution in [2.45, 2.75) is 33.0 Å². The third-order valence-electron chi connectivity index (χ3n) is 4.36. The van der Waals surface area contributed by atoms with Crippen LogP contribution in [0.4, 0.5) is 17.6 Å². The number of ether oxygens (including phenoxy) is 1. The molecule has 0 unspecified atom stereocenters. The Morgan fingerprint density at radius 3 is 2.56 bits per heavy atom. The first kappa shape index (κ1) is 24.7. The van der Waals surface area contributed by atoms with E-state index in [0.29, 0.717) is 6.20 Å². The third kappa shape index (κ3) is 6.22. The average molecular weight is 454 g/mol. The summed E-state index contributed by atoms with van der Waals surface area (Å²) in [6, 6.07) is 2.72. The van der Waals surface area contributed by atoms with Gasteiger partial charge in [0.25, 0.3) is 5.91 Å². The minimum Gasteiger partial charge on any atom is -0.461 e. The highest BCUT2D eigenvalue weighted by Gasteiger charge is 2.30. The van der Waals surface area contributed by atoms with E-state index in [2.05, 4.69) is 26.9 Å². The molecule has 0 saturated heterocycles. The van der Waals surface area contributed by atoms with Crippen LogP contribution in [-0.4, -0.2) is 63.9 Å². The summed E-state index contributed by atoms with van der Waals surface area (Å²) < 4.78 is 56.9. The molecule has 0 bridgehead atoms. The second kappa shape index (κ2) is 10.6. The number of benzene rings is 1. The molecule has 2 aromatic rings. The van der Waals surface area contributed by atoms with E-state index in [4.69, 9.17) is 4.74 Å². The first-order valence-corrected chi connectivity index (χ1v) is 9.47. The molecule has 8 nitrogen and oxygen atoms in total. The molecule has 32 heavy (non-hydrogen) atoms.